The fourth-order valence-corrected chi connectivity index (χ4v) is 4.78. The van der Waals surface area contributed by atoms with Gasteiger partial charge >= 0.3 is 11.9 Å². The monoisotopic (exact) mass is 606 g/mol. The molecule has 2 atom stereocenters. The average molecular weight is 607 g/mol. The lowest BCUT2D eigenvalue weighted by Crippen LogP contribution is -2.36. The van der Waals surface area contributed by atoms with E-state index in [-0.39, 0.29) is 45.3 Å². The standard InChI is InChI=1S/C24H28Cl2N10O5/c1-5-41-22(38)16-15(12-7-6-8-13(25)17(12)26)14(21(37)40-4)11(2)29-18(16)19(39-3)20-31-35-36(34-20)10-9-28-24-30-23(27)32-33-24/h6-8,15,19,29H,5,9-10H2,1-4H3,(H4,27,28,30,32,33). The van der Waals surface area contributed by atoms with Crippen LogP contribution in [0.15, 0.2) is 40.7 Å². The third-order valence-electron chi connectivity index (χ3n) is 6.09. The summed E-state index contributed by atoms with van der Waals surface area (Å²) in [6.45, 7) is 4.05. The van der Waals surface area contributed by atoms with E-state index in [4.69, 9.17) is 43.1 Å². The van der Waals surface area contributed by atoms with Crippen LogP contribution in [0, 0.1) is 0 Å². The van der Waals surface area contributed by atoms with Gasteiger partial charge in [-0.05, 0) is 30.7 Å². The van der Waals surface area contributed by atoms with Crippen molar-refractivity contribution in [2.24, 2.45) is 0 Å². The van der Waals surface area contributed by atoms with Crippen LogP contribution in [0.1, 0.15) is 37.3 Å². The number of nitrogens with one attached hydrogen (secondary N) is 3. The number of tetrazole rings is 1. The third-order valence-corrected chi connectivity index (χ3v) is 6.92. The lowest BCUT2D eigenvalue weighted by atomic mass is 9.79. The fourth-order valence-electron chi connectivity index (χ4n) is 4.36. The van der Waals surface area contributed by atoms with Crippen LogP contribution in [-0.4, -0.2) is 74.7 Å². The number of hydrogen-bond acceptors (Lipinski definition) is 13. The highest BCUT2D eigenvalue weighted by molar-refractivity contribution is 6.42. The second-order valence-electron chi connectivity index (χ2n) is 8.61. The molecule has 0 spiro atoms. The number of methoxy groups -OCH3 is 2. The lowest BCUT2D eigenvalue weighted by molar-refractivity contribution is -0.139. The van der Waals surface area contributed by atoms with Crippen LogP contribution in [0.2, 0.25) is 10.0 Å². The Kier molecular flexibility index (Phi) is 9.42. The number of carbonyl (C=O) groups is 2. The Morgan fingerprint density at radius 2 is 2.00 bits per heavy atom. The zero-order valence-electron chi connectivity index (χ0n) is 22.6. The SMILES string of the molecule is CCOC(=O)C1=C(C(OC)c2nnn(CCNc3n[nH]c(N)n3)n2)NC(C)=C(C(=O)OC)C1c1cccc(Cl)c1Cl. The molecule has 0 saturated heterocycles. The van der Waals surface area contributed by atoms with Gasteiger partial charge in [-0.2, -0.15) is 9.78 Å². The highest BCUT2D eigenvalue weighted by atomic mass is 35.5. The summed E-state index contributed by atoms with van der Waals surface area (Å²) >= 11 is 13.0. The van der Waals surface area contributed by atoms with E-state index in [1.807, 2.05) is 0 Å². The maximum absolute atomic E-state index is 13.6. The normalized spacial score (nSPS) is 15.9. The molecule has 5 N–H and O–H groups in total. The van der Waals surface area contributed by atoms with Gasteiger partial charge in [-0.25, -0.2) is 14.7 Å². The third kappa shape index (κ3) is 6.26. The summed E-state index contributed by atoms with van der Waals surface area (Å²) in [5.41, 5.74) is 6.76. The second kappa shape index (κ2) is 13.0. The van der Waals surface area contributed by atoms with Crippen LogP contribution < -0.4 is 16.4 Å². The molecule has 3 heterocycles. The minimum absolute atomic E-state index is 0.0501. The molecule has 1 aliphatic rings. The Bertz CT molecular complexity index is 1500. The molecule has 0 radical (unpaired) electrons. The molecule has 17 heteroatoms. The van der Waals surface area contributed by atoms with Crippen molar-refractivity contribution in [2.75, 3.05) is 38.4 Å². The van der Waals surface area contributed by atoms with Crippen LogP contribution in [-0.2, 0) is 30.3 Å². The number of H-pyrrole nitrogens is 1. The number of anilines is 2. The molecule has 0 fully saturated rings. The van der Waals surface area contributed by atoms with Crippen molar-refractivity contribution in [1.29, 1.82) is 0 Å². The zero-order valence-corrected chi connectivity index (χ0v) is 24.1. The van der Waals surface area contributed by atoms with Crippen molar-refractivity contribution in [3.63, 3.8) is 0 Å². The number of allylic oxidation sites excluding steroid dienone is 1. The topological polar surface area (TPSA) is 197 Å². The number of hydrogen-bond donors (Lipinski definition) is 4. The predicted molar refractivity (Wildman–Crippen MR) is 148 cm³/mol. The first-order chi connectivity index (χ1) is 19.7. The number of nitrogens with zero attached hydrogens (tertiary/aromatic N) is 6. The van der Waals surface area contributed by atoms with E-state index < -0.39 is 24.0 Å². The minimum atomic E-state index is -1.02. The summed E-state index contributed by atoms with van der Waals surface area (Å²) in [6.07, 6.45) is -1.02. The van der Waals surface area contributed by atoms with Gasteiger partial charge in [0.15, 0.2) is 6.10 Å². The Labute approximate surface area is 244 Å². The van der Waals surface area contributed by atoms with Gasteiger partial charge in [0.1, 0.15) is 0 Å². The molecule has 1 aliphatic heterocycles. The van der Waals surface area contributed by atoms with Gasteiger partial charge in [0.05, 0.1) is 53.1 Å². The van der Waals surface area contributed by atoms with Crippen molar-refractivity contribution < 1.29 is 23.8 Å². The van der Waals surface area contributed by atoms with E-state index in [2.05, 4.69) is 41.2 Å². The number of rotatable bonds is 11. The Balaban J connectivity index is 1.77. The highest BCUT2D eigenvalue weighted by Gasteiger charge is 2.43. The van der Waals surface area contributed by atoms with Gasteiger partial charge in [-0.3, -0.25) is 0 Å². The number of nitrogens with two attached hydrogens (primary N) is 1. The molecule has 2 aromatic heterocycles. The van der Waals surface area contributed by atoms with Crippen molar-refractivity contribution in [3.05, 3.63) is 62.2 Å². The summed E-state index contributed by atoms with van der Waals surface area (Å²) < 4.78 is 16.3. The molecule has 1 aromatic carbocycles. The lowest BCUT2D eigenvalue weighted by Gasteiger charge is -2.33. The second-order valence-corrected chi connectivity index (χ2v) is 9.39. The van der Waals surface area contributed by atoms with E-state index in [1.54, 1.807) is 32.0 Å². The van der Waals surface area contributed by atoms with Gasteiger partial charge < -0.3 is 30.6 Å². The van der Waals surface area contributed by atoms with E-state index in [1.165, 1.54) is 19.0 Å². The van der Waals surface area contributed by atoms with E-state index in [9.17, 15) is 9.59 Å². The van der Waals surface area contributed by atoms with Gasteiger partial charge in [0.2, 0.25) is 17.7 Å². The van der Waals surface area contributed by atoms with Crippen LogP contribution in [0.5, 0.6) is 0 Å². The number of dihydropyridines is 1. The van der Waals surface area contributed by atoms with Crippen molar-refractivity contribution >= 4 is 47.0 Å². The minimum Gasteiger partial charge on any atom is -0.466 e. The molecule has 2 unspecified atom stereocenters. The summed E-state index contributed by atoms with van der Waals surface area (Å²) in [7, 11) is 2.67. The summed E-state index contributed by atoms with van der Waals surface area (Å²) in [4.78, 5) is 31.9. The molecule has 0 amide bonds. The molecule has 41 heavy (non-hydrogen) atoms. The maximum atomic E-state index is 13.6. The van der Waals surface area contributed by atoms with Crippen LogP contribution in [0.3, 0.4) is 0 Å². The van der Waals surface area contributed by atoms with E-state index in [0.29, 0.717) is 30.3 Å². The van der Waals surface area contributed by atoms with E-state index in [0.717, 1.165) is 0 Å². The predicted octanol–water partition coefficient (Wildman–Crippen LogP) is 2.13. The Hall–Kier alpha value is -4.21. The molecule has 3 aromatic rings. The molecule has 0 bridgehead atoms. The number of aromatic amines is 1. The van der Waals surface area contributed by atoms with Gasteiger partial charge in [-0.1, -0.05) is 35.3 Å². The highest BCUT2D eigenvalue weighted by Crippen LogP contribution is 2.45. The number of carbonyl (C=O) groups excluding carboxylic acids is 2. The first kappa shape index (κ1) is 29.8. The van der Waals surface area contributed by atoms with Gasteiger partial charge in [-0.15, -0.1) is 15.3 Å². The molecule has 15 nitrogen and oxygen atoms in total. The molecule has 4 rings (SSSR count). The largest absolute Gasteiger partial charge is 0.466 e. The Morgan fingerprint density at radius 3 is 2.66 bits per heavy atom. The number of ether oxygens (including phenoxy) is 3. The van der Waals surface area contributed by atoms with Crippen molar-refractivity contribution in [2.45, 2.75) is 32.4 Å². The smallest absolute Gasteiger partial charge is 0.336 e. The Morgan fingerprint density at radius 1 is 1.22 bits per heavy atom. The first-order valence-corrected chi connectivity index (χ1v) is 13.1. The molecule has 0 saturated carbocycles. The van der Waals surface area contributed by atoms with Gasteiger partial charge in [0.25, 0.3) is 0 Å². The fraction of sp³-hybridized carbons (Fsp3) is 0.375. The molecule has 218 valence electrons. The molecular weight excluding hydrogens is 579 g/mol. The van der Waals surface area contributed by atoms with Crippen molar-refractivity contribution in [3.8, 4) is 0 Å². The number of nitrogen functional groups attached to an aromatic ring is 1. The number of esters is 2. The number of halogens is 2. The van der Waals surface area contributed by atoms with E-state index >= 15 is 0 Å². The maximum Gasteiger partial charge on any atom is 0.336 e. The summed E-state index contributed by atoms with van der Waals surface area (Å²) in [6, 6.07) is 4.94. The molecule has 0 aliphatic carbocycles. The zero-order chi connectivity index (χ0) is 29.7. The van der Waals surface area contributed by atoms with Crippen LogP contribution in [0.25, 0.3) is 0 Å². The number of benzene rings is 1. The van der Waals surface area contributed by atoms with Crippen LogP contribution >= 0.6 is 23.2 Å². The van der Waals surface area contributed by atoms with Gasteiger partial charge in [0, 0.05) is 19.4 Å². The molecular formula is C24H28Cl2N10O5. The number of aromatic nitrogens is 7. The van der Waals surface area contributed by atoms with Crippen molar-refractivity contribution in [1.82, 2.24) is 40.7 Å². The summed E-state index contributed by atoms with van der Waals surface area (Å²) in [5.74, 6) is -1.76. The van der Waals surface area contributed by atoms with Crippen LogP contribution in [0.4, 0.5) is 11.9 Å². The quantitative estimate of drug-likeness (QED) is 0.232. The first-order valence-electron chi connectivity index (χ1n) is 12.3. The average Bonchev–Trinajstić information content (AvgIpc) is 3.59. The summed E-state index contributed by atoms with van der Waals surface area (Å²) in [5, 5.41) is 25.6.